The Kier molecular flexibility index (Phi) is 7.72. The van der Waals surface area contributed by atoms with Crippen molar-refractivity contribution in [2.45, 2.75) is 43.9 Å². The Morgan fingerprint density at radius 3 is 2.59 bits per heavy atom. The smallest absolute Gasteiger partial charge is 0.251 e. The molecule has 3 atom stereocenters. The molecule has 0 radical (unpaired) electrons. The van der Waals surface area contributed by atoms with Crippen molar-refractivity contribution in [2.24, 2.45) is 0 Å². The lowest BCUT2D eigenvalue weighted by molar-refractivity contribution is -0.130. The second-order valence-corrected chi connectivity index (χ2v) is 7.16. The molecule has 0 aliphatic carbocycles. The number of ether oxygens (including phenoxy) is 1. The molecule has 3 N–H and O–H groups in total. The molecule has 1 saturated heterocycles. The highest BCUT2D eigenvalue weighted by molar-refractivity contribution is 5.94. The average molecular weight is 397 g/mol. The summed E-state index contributed by atoms with van der Waals surface area (Å²) in [5.41, 5.74) is 1.69. The minimum atomic E-state index is -0.522. The van der Waals surface area contributed by atoms with E-state index in [4.69, 9.17) is 4.74 Å². The van der Waals surface area contributed by atoms with E-state index in [2.05, 4.69) is 15.6 Å². The Hall–Kier alpha value is -2.77. The number of aromatic nitrogens is 1. The highest BCUT2D eigenvalue weighted by atomic mass is 16.5. The number of carbonyl (C=O) groups is 2. The number of nitrogens with zero attached hydrogens (tertiary/aromatic N) is 1. The summed E-state index contributed by atoms with van der Waals surface area (Å²) in [5.74, 6) is -0.266. The maximum absolute atomic E-state index is 12.4. The zero-order valence-electron chi connectivity index (χ0n) is 16.3. The van der Waals surface area contributed by atoms with Crippen molar-refractivity contribution in [3.63, 3.8) is 0 Å². The second-order valence-electron chi connectivity index (χ2n) is 7.16. The van der Waals surface area contributed by atoms with E-state index in [1.54, 1.807) is 36.7 Å². The molecule has 7 nitrogen and oxygen atoms in total. The molecule has 1 aliphatic heterocycles. The van der Waals surface area contributed by atoms with Gasteiger partial charge in [0.1, 0.15) is 6.10 Å². The minimum Gasteiger partial charge on any atom is -0.394 e. The van der Waals surface area contributed by atoms with Crippen LogP contribution in [0.1, 0.15) is 35.2 Å². The van der Waals surface area contributed by atoms with Gasteiger partial charge in [0.25, 0.3) is 5.91 Å². The Balaban J connectivity index is 1.42. The fraction of sp³-hybridized carbons (Fsp3) is 0.409. The van der Waals surface area contributed by atoms with Gasteiger partial charge in [-0.15, -0.1) is 0 Å². The van der Waals surface area contributed by atoms with E-state index in [9.17, 15) is 14.7 Å². The van der Waals surface area contributed by atoms with Crippen LogP contribution in [0.5, 0.6) is 0 Å². The van der Waals surface area contributed by atoms with Gasteiger partial charge >= 0.3 is 0 Å². The highest BCUT2D eigenvalue weighted by Crippen LogP contribution is 2.22. The van der Waals surface area contributed by atoms with Gasteiger partial charge < -0.3 is 20.5 Å². The Morgan fingerprint density at radius 1 is 1.10 bits per heavy atom. The first-order valence-electron chi connectivity index (χ1n) is 9.93. The monoisotopic (exact) mass is 397 g/mol. The van der Waals surface area contributed by atoms with Gasteiger partial charge in [0.05, 0.1) is 25.2 Å². The van der Waals surface area contributed by atoms with E-state index in [0.29, 0.717) is 24.9 Å². The van der Waals surface area contributed by atoms with Crippen LogP contribution in [0.3, 0.4) is 0 Å². The van der Waals surface area contributed by atoms with Crippen LogP contribution < -0.4 is 10.6 Å². The van der Waals surface area contributed by atoms with Crippen LogP contribution in [-0.2, 0) is 16.0 Å². The van der Waals surface area contributed by atoms with Gasteiger partial charge in [-0.2, -0.15) is 0 Å². The van der Waals surface area contributed by atoms with Crippen molar-refractivity contribution in [2.75, 3.05) is 13.2 Å². The van der Waals surface area contributed by atoms with Crippen molar-refractivity contribution >= 4 is 11.8 Å². The van der Waals surface area contributed by atoms with Gasteiger partial charge in [-0.25, -0.2) is 0 Å². The van der Waals surface area contributed by atoms with E-state index in [0.717, 1.165) is 12.0 Å². The number of pyridine rings is 1. The fourth-order valence-corrected chi connectivity index (χ4v) is 3.46. The molecule has 2 aromatic rings. The Labute approximate surface area is 170 Å². The van der Waals surface area contributed by atoms with Gasteiger partial charge in [0.2, 0.25) is 5.91 Å². The first-order valence-corrected chi connectivity index (χ1v) is 9.93. The van der Waals surface area contributed by atoms with E-state index in [-0.39, 0.29) is 37.0 Å². The summed E-state index contributed by atoms with van der Waals surface area (Å²) >= 11 is 0. The van der Waals surface area contributed by atoms with Crippen molar-refractivity contribution in [3.05, 3.63) is 66.0 Å². The second kappa shape index (κ2) is 10.7. The van der Waals surface area contributed by atoms with Crippen LogP contribution in [-0.4, -0.2) is 53.3 Å². The predicted molar refractivity (Wildman–Crippen MR) is 108 cm³/mol. The number of hydrogen-bond acceptors (Lipinski definition) is 5. The van der Waals surface area contributed by atoms with Gasteiger partial charge in [0, 0.05) is 24.5 Å². The number of rotatable bonds is 8. The summed E-state index contributed by atoms with van der Waals surface area (Å²) in [5, 5.41) is 15.5. The van der Waals surface area contributed by atoms with Crippen LogP contribution >= 0.6 is 0 Å². The number of aliphatic hydroxyl groups excluding tert-OH is 1. The molecular weight excluding hydrogens is 370 g/mol. The molecule has 1 aromatic heterocycles. The molecule has 1 aliphatic rings. The third-order valence-electron chi connectivity index (χ3n) is 5.05. The van der Waals surface area contributed by atoms with Gasteiger partial charge in [0.15, 0.2) is 0 Å². The van der Waals surface area contributed by atoms with Crippen LogP contribution in [0.4, 0.5) is 0 Å². The Bertz CT molecular complexity index is 785. The number of nitrogens with one attached hydrogen (secondary N) is 2. The quantitative estimate of drug-likeness (QED) is 0.626. The van der Waals surface area contributed by atoms with Crippen molar-refractivity contribution in [1.82, 2.24) is 15.6 Å². The van der Waals surface area contributed by atoms with Crippen molar-refractivity contribution in [3.8, 4) is 0 Å². The molecule has 0 bridgehead atoms. The lowest BCUT2D eigenvalue weighted by Crippen LogP contribution is -2.51. The van der Waals surface area contributed by atoms with Gasteiger partial charge in [-0.05, 0) is 49.1 Å². The third-order valence-corrected chi connectivity index (χ3v) is 5.05. The zero-order valence-corrected chi connectivity index (χ0v) is 16.3. The molecule has 0 unspecified atom stereocenters. The molecular formula is C22H27N3O4. The highest BCUT2D eigenvalue weighted by Gasteiger charge is 2.32. The van der Waals surface area contributed by atoms with E-state index in [1.807, 2.05) is 18.2 Å². The zero-order chi connectivity index (χ0) is 20.5. The normalized spacial score (nSPS) is 21.3. The SMILES string of the molecule is O=C(C[C@H]1CC[C@@H](NC(=O)c2ccccc2)[C@@H](CO)O1)NCCc1ccncc1. The van der Waals surface area contributed by atoms with Crippen LogP contribution in [0, 0.1) is 0 Å². The number of amides is 2. The first kappa shape index (κ1) is 21.0. The minimum absolute atomic E-state index is 0.0764. The number of benzene rings is 1. The number of carbonyl (C=O) groups excluding carboxylic acids is 2. The maximum Gasteiger partial charge on any atom is 0.251 e. The molecule has 7 heteroatoms. The fourth-order valence-electron chi connectivity index (χ4n) is 3.46. The summed E-state index contributed by atoms with van der Waals surface area (Å²) in [6.07, 6.45) is 4.96. The summed E-state index contributed by atoms with van der Waals surface area (Å²) in [6, 6.07) is 12.5. The molecule has 0 spiro atoms. The van der Waals surface area contributed by atoms with E-state index >= 15 is 0 Å². The summed E-state index contributed by atoms with van der Waals surface area (Å²) in [6.45, 7) is 0.342. The lowest BCUT2D eigenvalue weighted by Gasteiger charge is -2.36. The number of hydrogen-bond donors (Lipinski definition) is 3. The summed E-state index contributed by atoms with van der Waals surface area (Å²) in [7, 11) is 0. The van der Waals surface area contributed by atoms with Crippen molar-refractivity contribution < 1.29 is 19.4 Å². The molecule has 0 saturated carbocycles. The van der Waals surface area contributed by atoms with Crippen LogP contribution in [0.15, 0.2) is 54.9 Å². The Morgan fingerprint density at radius 2 is 1.86 bits per heavy atom. The largest absolute Gasteiger partial charge is 0.394 e. The number of aliphatic hydroxyl groups is 1. The predicted octanol–water partition coefficient (Wildman–Crippen LogP) is 1.47. The molecule has 2 amide bonds. The van der Waals surface area contributed by atoms with E-state index in [1.165, 1.54) is 0 Å². The standard InChI is InChI=1S/C22H27N3O4/c26-15-20-19(25-22(28)17-4-2-1-3-5-17)7-6-18(29-20)14-21(27)24-13-10-16-8-11-23-12-9-16/h1-5,8-9,11-12,18-20,26H,6-7,10,13-15H2,(H,24,27)(H,25,28)/t18-,19-,20-/m1/s1. The first-order chi connectivity index (χ1) is 14.2. The molecule has 1 fully saturated rings. The summed E-state index contributed by atoms with van der Waals surface area (Å²) < 4.78 is 5.89. The molecule has 1 aromatic carbocycles. The van der Waals surface area contributed by atoms with E-state index < -0.39 is 6.10 Å². The maximum atomic E-state index is 12.4. The topological polar surface area (TPSA) is 101 Å². The lowest BCUT2D eigenvalue weighted by atomic mass is 9.96. The summed E-state index contributed by atoms with van der Waals surface area (Å²) in [4.78, 5) is 28.5. The average Bonchev–Trinajstić information content (AvgIpc) is 2.76. The molecule has 29 heavy (non-hydrogen) atoms. The van der Waals surface area contributed by atoms with Gasteiger partial charge in [-0.3, -0.25) is 14.6 Å². The van der Waals surface area contributed by atoms with Gasteiger partial charge in [-0.1, -0.05) is 18.2 Å². The van der Waals surface area contributed by atoms with Crippen LogP contribution in [0.25, 0.3) is 0 Å². The molecule has 3 rings (SSSR count). The molecule has 2 heterocycles. The van der Waals surface area contributed by atoms with Crippen LogP contribution in [0.2, 0.25) is 0 Å². The van der Waals surface area contributed by atoms with Crippen molar-refractivity contribution in [1.29, 1.82) is 0 Å². The third kappa shape index (κ3) is 6.37. The molecule has 154 valence electrons.